The van der Waals surface area contributed by atoms with E-state index in [4.69, 9.17) is 9.05 Å². The molecule has 6 heteroatoms. The molecule has 2 aromatic rings. The van der Waals surface area contributed by atoms with Gasteiger partial charge in [0.25, 0.3) is 0 Å². The molecule has 0 amide bonds. The summed E-state index contributed by atoms with van der Waals surface area (Å²) in [5.41, 5.74) is 0. The summed E-state index contributed by atoms with van der Waals surface area (Å²) in [5.74, 6) is 0.448. The van der Waals surface area contributed by atoms with E-state index < -0.39 is 7.82 Å². The summed E-state index contributed by atoms with van der Waals surface area (Å²) in [5, 5.41) is 0. The number of hydrogen-bond donors (Lipinski definition) is 0. The largest absolute Gasteiger partial charge is 1.00 e. The van der Waals surface area contributed by atoms with E-state index in [9.17, 15) is 9.46 Å². The van der Waals surface area contributed by atoms with E-state index in [0.717, 1.165) is 0 Å². The van der Waals surface area contributed by atoms with Crippen LogP contribution in [0.15, 0.2) is 60.7 Å². The van der Waals surface area contributed by atoms with Crippen molar-refractivity contribution in [3.63, 3.8) is 0 Å². The first kappa shape index (κ1) is 16.3. The van der Waals surface area contributed by atoms with Gasteiger partial charge in [0.2, 0.25) is 0 Å². The number of hydrogen-bond acceptors (Lipinski definition) is 4. The molecule has 0 fully saturated rings. The van der Waals surface area contributed by atoms with Gasteiger partial charge in [-0.05, 0) is 24.3 Å². The summed E-state index contributed by atoms with van der Waals surface area (Å²) >= 11 is 0. The van der Waals surface area contributed by atoms with Crippen LogP contribution in [0.5, 0.6) is 11.5 Å². The fourth-order valence-corrected chi connectivity index (χ4v) is 2.04. The van der Waals surface area contributed by atoms with Gasteiger partial charge < -0.3 is 13.9 Å². The fourth-order valence-electron chi connectivity index (χ4n) is 1.24. The van der Waals surface area contributed by atoms with Gasteiger partial charge in [-0.3, -0.25) is 0 Å². The Morgan fingerprint density at radius 2 is 1.11 bits per heavy atom. The van der Waals surface area contributed by atoms with Crippen LogP contribution in [0.2, 0.25) is 0 Å². The maximum Gasteiger partial charge on any atom is 1.00 e. The summed E-state index contributed by atoms with van der Waals surface area (Å²) in [7, 11) is -4.39. The predicted octanol–water partition coefficient (Wildman–Crippen LogP) is -0.383. The zero-order valence-corrected chi connectivity index (χ0v) is 17.0. The van der Waals surface area contributed by atoms with Gasteiger partial charge in [0.1, 0.15) is 11.5 Å². The fraction of sp³-hybridized carbons (Fsp3) is 0. The van der Waals surface area contributed by atoms with Crippen molar-refractivity contribution in [3.8, 4) is 11.5 Å². The van der Waals surface area contributed by atoms with Crippen molar-refractivity contribution in [2.75, 3.05) is 0 Å². The molecule has 18 heavy (non-hydrogen) atoms. The van der Waals surface area contributed by atoms with Gasteiger partial charge in [-0.15, -0.1) is 0 Å². The van der Waals surface area contributed by atoms with Gasteiger partial charge >= 0.3 is 76.7 Å². The summed E-state index contributed by atoms with van der Waals surface area (Å²) in [4.78, 5) is 11.6. The second-order valence-electron chi connectivity index (χ2n) is 3.26. The van der Waals surface area contributed by atoms with Gasteiger partial charge in [0.05, 0.1) is 0 Å². The van der Waals surface area contributed by atoms with Crippen molar-refractivity contribution in [1.82, 2.24) is 0 Å². The Morgan fingerprint density at radius 3 is 1.44 bits per heavy atom. The smallest absolute Gasteiger partial charge is 0.736 e. The molecule has 0 aliphatic carbocycles. The predicted molar refractivity (Wildman–Crippen MR) is 61.7 cm³/mol. The Kier molecular flexibility index (Phi) is 7.05. The van der Waals surface area contributed by atoms with Crippen LogP contribution in [-0.4, -0.2) is 0 Å². The van der Waals surface area contributed by atoms with E-state index in [2.05, 4.69) is 0 Å². The molecule has 0 spiro atoms. The van der Waals surface area contributed by atoms with Crippen LogP contribution in [0.1, 0.15) is 0 Å². The Bertz CT molecular complexity index is 473. The van der Waals surface area contributed by atoms with E-state index in [1.54, 1.807) is 60.7 Å². The van der Waals surface area contributed by atoms with Crippen molar-refractivity contribution in [2.45, 2.75) is 0 Å². The second-order valence-corrected chi connectivity index (χ2v) is 4.52. The molecule has 0 aliphatic heterocycles. The number of phosphoric acid groups is 1. The van der Waals surface area contributed by atoms with Crippen LogP contribution in [0.4, 0.5) is 0 Å². The monoisotopic (exact) mass is 382 g/mol. The molecule has 0 radical (unpaired) electrons. The van der Waals surface area contributed by atoms with E-state index in [-0.39, 0.29) is 80.4 Å². The van der Waals surface area contributed by atoms with Crippen LogP contribution in [-0.2, 0) is 4.57 Å². The Labute approximate surface area is 164 Å². The topological polar surface area (TPSA) is 58.6 Å². The standard InChI is InChI=1S/C12H11O4P.Cs/c13-17(14,15-11-7-3-1-4-8-11)16-12-9-5-2-6-10-12;/h1-10H,(H,13,14);/q;+1/p-1. The van der Waals surface area contributed by atoms with Crippen LogP contribution in [0.25, 0.3) is 0 Å². The van der Waals surface area contributed by atoms with Gasteiger partial charge in [-0.1, -0.05) is 36.4 Å². The molecular formula is C12H10CsO4P. The average molecular weight is 382 g/mol. The van der Waals surface area contributed by atoms with Crippen molar-refractivity contribution in [2.24, 2.45) is 0 Å². The molecule has 0 saturated carbocycles. The zero-order chi connectivity index (χ0) is 12.1. The molecule has 0 atom stereocenters. The van der Waals surface area contributed by atoms with Crippen LogP contribution >= 0.6 is 7.82 Å². The second kappa shape index (κ2) is 7.77. The van der Waals surface area contributed by atoms with Crippen molar-refractivity contribution < 1.29 is 87.4 Å². The first-order chi connectivity index (χ1) is 8.16. The molecule has 0 bridgehead atoms. The summed E-state index contributed by atoms with van der Waals surface area (Å²) in [6.45, 7) is 0. The molecular weight excluding hydrogens is 372 g/mol. The van der Waals surface area contributed by atoms with Crippen LogP contribution in [0.3, 0.4) is 0 Å². The van der Waals surface area contributed by atoms with Gasteiger partial charge in [0, 0.05) is 0 Å². The molecule has 2 rings (SSSR count). The normalized spacial score (nSPS) is 10.3. The summed E-state index contributed by atoms with van der Waals surface area (Å²) in [6, 6.07) is 16.4. The van der Waals surface area contributed by atoms with Crippen LogP contribution in [0, 0.1) is 0 Å². The number of rotatable bonds is 4. The van der Waals surface area contributed by atoms with E-state index in [0.29, 0.717) is 0 Å². The third-order valence-corrected chi connectivity index (χ3v) is 2.79. The Balaban J connectivity index is 0.00000162. The first-order valence-electron chi connectivity index (χ1n) is 4.96. The van der Waals surface area contributed by atoms with Crippen LogP contribution < -0.4 is 82.8 Å². The quantitative estimate of drug-likeness (QED) is 0.677. The third kappa shape index (κ3) is 5.50. The van der Waals surface area contributed by atoms with E-state index in [1.807, 2.05) is 0 Å². The summed E-state index contributed by atoms with van der Waals surface area (Å²) in [6.07, 6.45) is 0. The molecule has 2 aromatic carbocycles. The molecule has 0 N–H and O–H groups in total. The Hall–Kier alpha value is 0.282. The number of para-hydroxylation sites is 2. The van der Waals surface area contributed by atoms with Crippen molar-refractivity contribution >= 4 is 7.82 Å². The minimum absolute atomic E-state index is 0. The number of phosphoric ester groups is 1. The molecule has 0 aromatic heterocycles. The first-order valence-corrected chi connectivity index (χ1v) is 6.42. The SMILES string of the molecule is O=P([O-])(Oc1ccccc1)Oc1ccccc1.[Cs+]. The molecule has 88 valence electrons. The van der Waals surface area contributed by atoms with Crippen molar-refractivity contribution in [1.29, 1.82) is 0 Å². The van der Waals surface area contributed by atoms with Gasteiger partial charge in [0.15, 0.2) is 0 Å². The molecule has 4 nitrogen and oxygen atoms in total. The van der Waals surface area contributed by atoms with E-state index in [1.165, 1.54) is 0 Å². The minimum atomic E-state index is -4.39. The Morgan fingerprint density at radius 1 is 0.778 bits per heavy atom. The van der Waals surface area contributed by atoms with Gasteiger partial charge in [-0.2, -0.15) is 0 Å². The maximum absolute atomic E-state index is 11.6. The molecule has 0 aliphatic rings. The maximum atomic E-state index is 11.6. The zero-order valence-electron chi connectivity index (χ0n) is 9.85. The van der Waals surface area contributed by atoms with Gasteiger partial charge in [-0.25, -0.2) is 4.57 Å². The summed E-state index contributed by atoms with van der Waals surface area (Å²) < 4.78 is 21.1. The minimum Gasteiger partial charge on any atom is -0.736 e. The third-order valence-electron chi connectivity index (χ3n) is 1.92. The average Bonchev–Trinajstić information content (AvgIpc) is 2.30. The van der Waals surface area contributed by atoms with E-state index >= 15 is 0 Å². The number of benzene rings is 2. The molecule has 0 unspecified atom stereocenters. The molecule has 0 heterocycles. The molecule has 0 saturated heterocycles. The van der Waals surface area contributed by atoms with Crippen molar-refractivity contribution in [3.05, 3.63) is 60.7 Å².